The van der Waals surface area contributed by atoms with Gasteiger partial charge in [-0.25, -0.2) is 4.98 Å². The first-order chi connectivity index (χ1) is 15.0. The smallest absolute Gasteiger partial charge is 0.256 e. The second-order valence-electron chi connectivity index (χ2n) is 7.96. The molecule has 0 N–H and O–H groups in total. The van der Waals surface area contributed by atoms with Crippen LogP contribution in [0.25, 0.3) is 5.69 Å². The molecule has 1 amide bonds. The van der Waals surface area contributed by atoms with Gasteiger partial charge in [-0.15, -0.1) is 0 Å². The molecule has 4 rings (SSSR count). The molecule has 0 bridgehead atoms. The van der Waals surface area contributed by atoms with E-state index in [2.05, 4.69) is 22.1 Å². The Labute approximate surface area is 181 Å². The minimum absolute atomic E-state index is 0.0569. The fourth-order valence-corrected chi connectivity index (χ4v) is 3.75. The van der Waals surface area contributed by atoms with Crippen LogP contribution >= 0.6 is 0 Å². The number of pyridine rings is 1. The zero-order chi connectivity index (χ0) is 21.8. The van der Waals surface area contributed by atoms with Crippen molar-refractivity contribution in [2.24, 2.45) is 0 Å². The van der Waals surface area contributed by atoms with E-state index in [0.29, 0.717) is 23.7 Å². The van der Waals surface area contributed by atoms with Crippen molar-refractivity contribution >= 4 is 5.91 Å². The van der Waals surface area contributed by atoms with Gasteiger partial charge in [-0.05, 0) is 51.8 Å². The number of para-hydroxylation sites is 1. The highest BCUT2D eigenvalue weighted by Gasteiger charge is 2.32. The maximum atomic E-state index is 13.5. The van der Waals surface area contributed by atoms with E-state index in [1.807, 2.05) is 49.1 Å². The molecule has 0 radical (unpaired) electrons. The molecule has 2 aromatic heterocycles. The summed E-state index contributed by atoms with van der Waals surface area (Å²) in [5.41, 5.74) is 1.23. The molecule has 8 heteroatoms. The molecular weight excluding hydrogens is 394 g/mol. The Morgan fingerprint density at radius 3 is 2.65 bits per heavy atom. The monoisotopic (exact) mass is 421 g/mol. The molecular formula is C23H27N5O3. The van der Waals surface area contributed by atoms with E-state index in [9.17, 15) is 4.79 Å². The zero-order valence-corrected chi connectivity index (χ0v) is 18.0. The Kier molecular flexibility index (Phi) is 6.16. The summed E-state index contributed by atoms with van der Waals surface area (Å²) in [4.78, 5) is 21.1. The number of carbonyl (C=O) groups is 1. The predicted octanol–water partition coefficient (Wildman–Crippen LogP) is 3.52. The number of hydrogen-bond acceptors (Lipinski definition) is 6. The second kappa shape index (κ2) is 9.16. The number of ether oxygens (including phenoxy) is 2. The predicted molar refractivity (Wildman–Crippen MR) is 116 cm³/mol. The average molecular weight is 422 g/mol. The van der Waals surface area contributed by atoms with Crippen LogP contribution in [-0.2, 0) is 0 Å². The van der Waals surface area contributed by atoms with Crippen molar-refractivity contribution in [3.63, 3.8) is 0 Å². The van der Waals surface area contributed by atoms with Gasteiger partial charge in [0.05, 0.1) is 36.3 Å². The largest absolute Gasteiger partial charge is 0.491 e. The summed E-state index contributed by atoms with van der Waals surface area (Å²) in [6.07, 6.45) is 6.50. The quantitative estimate of drug-likeness (QED) is 0.606. The van der Waals surface area contributed by atoms with E-state index in [4.69, 9.17) is 9.47 Å². The van der Waals surface area contributed by atoms with Gasteiger partial charge in [-0.2, -0.15) is 15.0 Å². The second-order valence-corrected chi connectivity index (χ2v) is 7.96. The molecule has 1 saturated heterocycles. The van der Waals surface area contributed by atoms with Gasteiger partial charge in [-0.3, -0.25) is 4.79 Å². The normalized spacial score (nSPS) is 18.8. The third-order valence-corrected chi connectivity index (χ3v) is 5.23. The lowest BCUT2D eigenvalue weighted by Crippen LogP contribution is -2.49. The van der Waals surface area contributed by atoms with Crippen molar-refractivity contribution in [2.75, 3.05) is 6.54 Å². The number of hydrogen-bond donors (Lipinski definition) is 0. The van der Waals surface area contributed by atoms with Crippen LogP contribution in [0.2, 0.25) is 0 Å². The highest BCUT2D eigenvalue weighted by molar-refractivity contribution is 5.98. The van der Waals surface area contributed by atoms with Crippen LogP contribution in [0.5, 0.6) is 11.6 Å². The van der Waals surface area contributed by atoms with Gasteiger partial charge in [0.1, 0.15) is 11.9 Å². The molecule has 0 aliphatic carbocycles. The first kappa shape index (κ1) is 20.8. The molecule has 1 aliphatic heterocycles. The van der Waals surface area contributed by atoms with Gasteiger partial charge in [0.25, 0.3) is 5.91 Å². The van der Waals surface area contributed by atoms with Gasteiger partial charge >= 0.3 is 0 Å². The van der Waals surface area contributed by atoms with Gasteiger partial charge < -0.3 is 14.4 Å². The van der Waals surface area contributed by atoms with Crippen molar-refractivity contribution < 1.29 is 14.3 Å². The number of rotatable bonds is 6. The third-order valence-electron chi connectivity index (χ3n) is 5.23. The number of carbonyl (C=O) groups excluding carboxylic acids is 1. The maximum absolute atomic E-state index is 13.5. The fraction of sp³-hybridized carbons (Fsp3) is 0.391. The van der Waals surface area contributed by atoms with Gasteiger partial charge in [0.2, 0.25) is 5.88 Å². The van der Waals surface area contributed by atoms with Gasteiger partial charge in [0, 0.05) is 18.3 Å². The number of amides is 1. The highest BCUT2D eigenvalue weighted by atomic mass is 16.5. The van der Waals surface area contributed by atoms with E-state index in [-0.39, 0.29) is 24.2 Å². The van der Waals surface area contributed by atoms with Crippen molar-refractivity contribution in [3.8, 4) is 17.3 Å². The molecule has 1 fully saturated rings. The molecule has 1 aromatic carbocycles. The highest BCUT2D eigenvalue weighted by Crippen LogP contribution is 2.26. The lowest BCUT2D eigenvalue weighted by atomic mass is 9.99. The SMILES string of the molecule is CC(C)Oc1ccnc(OC2CCC(C)N(C(=O)c3ccccc3-n3nccn3)C2)c1. The van der Waals surface area contributed by atoms with E-state index in [1.165, 1.54) is 4.80 Å². The fourth-order valence-electron chi connectivity index (χ4n) is 3.75. The standard InChI is InChI=1S/C23H27N5O3/c1-16(2)30-18-10-11-24-22(14-18)31-19-9-8-17(3)27(15-19)23(29)20-6-4-5-7-21(20)28-25-12-13-26-28/h4-7,10-14,16-17,19H,8-9,15H2,1-3H3. The summed E-state index contributed by atoms with van der Waals surface area (Å²) in [6.45, 7) is 6.50. The maximum Gasteiger partial charge on any atom is 0.256 e. The number of benzene rings is 1. The minimum Gasteiger partial charge on any atom is -0.491 e. The summed E-state index contributed by atoms with van der Waals surface area (Å²) in [5.74, 6) is 1.17. The van der Waals surface area contributed by atoms with Gasteiger partial charge in [-0.1, -0.05) is 12.1 Å². The lowest BCUT2D eigenvalue weighted by Gasteiger charge is -2.38. The zero-order valence-electron chi connectivity index (χ0n) is 18.0. The average Bonchev–Trinajstić information content (AvgIpc) is 3.29. The van der Waals surface area contributed by atoms with Crippen LogP contribution in [0.4, 0.5) is 0 Å². The van der Waals surface area contributed by atoms with Crippen LogP contribution in [0.15, 0.2) is 55.0 Å². The van der Waals surface area contributed by atoms with E-state index in [1.54, 1.807) is 24.7 Å². The Hall–Kier alpha value is -3.42. The first-order valence-electron chi connectivity index (χ1n) is 10.6. The molecule has 2 unspecified atom stereocenters. The lowest BCUT2D eigenvalue weighted by molar-refractivity contribution is 0.0371. The summed E-state index contributed by atoms with van der Waals surface area (Å²) in [6, 6.07) is 11.1. The molecule has 3 heterocycles. The Morgan fingerprint density at radius 2 is 1.87 bits per heavy atom. The van der Waals surface area contributed by atoms with E-state index in [0.717, 1.165) is 18.6 Å². The van der Waals surface area contributed by atoms with Crippen molar-refractivity contribution in [1.82, 2.24) is 24.9 Å². The molecule has 162 valence electrons. The molecule has 0 saturated carbocycles. The van der Waals surface area contributed by atoms with E-state index < -0.39 is 0 Å². The molecule has 0 spiro atoms. The number of nitrogens with zero attached hydrogens (tertiary/aromatic N) is 5. The number of piperidine rings is 1. The Balaban J connectivity index is 1.51. The molecule has 31 heavy (non-hydrogen) atoms. The van der Waals surface area contributed by atoms with Gasteiger partial charge in [0.15, 0.2) is 0 Å². The topological polar surface area (TPSA) is 82.4 Å². The van der Waals surface area contributed by atoms with Crippen molar-refractivity contribution in [1.29, 1.82) is 0 Å². The molecule has 1 aliphatic rings. The van der Waals surface area contributed by atoms with Crippen LogP contribution in [-0.4, -0.2) is 55.6 Å². The summed E-state index contributed by atoms with van der Waals surface area (Å²) >= 11 is 0. The van der Waals surface area contributed by atoms with Crippen molar-refractivity contribution in [3.05, 3.63) is 60.6 Å². The number of likely N-dealkylation sites (tertiary alicyclic amines) is 1. The Morgan fingerprint density at radius 1 is 1.10 bits per heavy atom. The van der Waals surface area contributed by atoms with Crippen LogP contribution < -0.4 is 9.47 Å². The molecule has 8 nitrogen and oxygen atoms in total. The van der Waals surface area contributed by atoms with Crippen molar-refractivity contribution in [2.45, 2.75) is 51.9 Å². The number of aromatic nitrogens is 4. The molecule has 2 atom stereocenters. The summed E-state index contributed by atoms with van der Waals surface area (Å²) in [7, 11) is 0. The summed E-state index contributed by atoms with van der Waals surface area (Å²) in [5, 5.41) is 8.37. The van der Waals surface area contributed by atoms with Crippen LogP contribution in [0.1, 0.15) is 44.0 Å². The summed E-state index contributed by atoms with van der Waals surface area (Å²) < 4.78 is 11.9. The molecule has 3 aromatic rings. The van der Waals surface area contributed by atoms with Crippen LogP contribution in [0.3, 0.4) is 0 Å². The van der Waals surface area contributed by atoms with E-state index >= 15 is 0 Å². The third kappa shape index (κ3) is 4.84. The first-order valence-corrected chi connectivity index (χ1v) is 10.6. The van der Waals surface area contributed by atoms with Crippen LogP contribution in [0, 0.1) is 0 Å². The minimum atomic E-state index is -0.142. The Bertz CT molecular complexity index is 1020.